The monoisotopic (exact) mass is 232 g/mol. The van der Waals surface area contributed by atoms with Gasteiger partial charge in [0.1, 0.15) is 5.75 Å². The minimum absolute atomic E-state index is 0.0280. The first-order valence-electron chi connectivity index (χ1n) is 6.13. The number of benzene rings is 1. The molecule has 2 aliphatic heterocycles. The molecule has 1 unspecified atom stereocenters. The summed E-state index contributed by atoms with van der Waals surface area (Å²) in [6.07, 6.45) is 2.80. The molecule has 1 saturated heterocycles. The third-order valence-corrected chi connectivity index (χ3v) is 3.33. The van der Waals surface area contributed by atoms with E-state index < -0.39 is 0 Å². The number of nitrogens with one attached hydrogen (secondary N) is 2. The predicted molar refractivity (Wildman–Crippen MR) is 65.2 cm³/mol. The number of amides is 1. The number of fused-ring (bicyclic) bond motifs is 1. The van der Waals surface area contributed by atoms with Gasteiger partial charge in [-0.05, 0) is 37.1 Å². The maximum Gasteiger partial charge on any atom is 0.227 e. The first-order chi connectivity index (χ1) is 8.33. The lowest BCUT2D eigenvalue weighted by molar-refractivity contribution is -0.116. The Morgan fingerprint density at radius 1 is 1.35 bits per heavy atom. The van der Waals surface area contributed by atoms with Crippen LogP contribution in [0.15, 0.2) is 18.2 Å². The first-order valence-corrected chi connectivity index (χ1v) is 6.13. The third kappa shape index (κ3) is 2.13. The van der Waals surface area contributed by atoms with Gasteiger partial charge < -0.3 is 15.4 Å². The van der Waals surface area contributed by atoms with Crippen molar-refractivity contribution in [3.63, 3.8) is 0 Å². The Morgan fingerprint density at radius 2 is 2.29 bits per heavy atom. The van der Waals surface area contributed by atoms with E-state index in [1.54, 1.807) is 0 Å². The number of carbonyl (C=O) groups is 1. The Morgan fingerprint density at radius 3 is 3.12 bits per heavy atom. The van der Waals surface area contributed by atoms with Crippen molar-refractivity contribution in [3.05, 3.63) is 23.8 Å². The van der Waals surface area contributed by atoms with Crippen LogP contribution in [0.2, 0.25) is 0 Å². The van der Waals surface area contributed by atoms with Gasteiger partial charge in [0.05, 0.1) is 18.7 Å². The Hall–Kier alpha value is -1.55. The molecule has 17 heavy (non-hydrogen) atoms. The van der Waals surface area contributed by atoms with Crippen LogP contribution >= 0.6 is 0 Å². The molecule has 4 heteroatoms. The van der Waals surface area contributed by atoms with Crippen LogP contribution in [0.4, 0.5) is 5.69 Å². The molecule has 4 nitrogen and oxygen atoms in total. The largest absolute Gasteiger partial charge is 0.491 e. The number of rotatable bonds is 1. The second-order valence-corrected chi connectivity index (χ2v) is 4.55. The number of hydrogen-bond donors (Lipinski definition) is 2. The van der Waals surface area contributed by atoms with E-state index in [9.17, 15) is 4.79 Å². The zero-order valence-electron chi connectivity index (χ0n) is 9.66. The van der Waals surface area contributed by atoms with Crippen LogP contribution in [0.1, 0.15) is 30.9 Å². The SMILES string of the molecule is O=C1CCOc2ccc(C3CCCN3)cc2N1. The van der Waals surface area contributed by atoms with Crippen molar-refractivity contribution >= 4 is 11.6 Å². The van der Waals surface area contributed by atoms with Gasteiger partial charge in [-0.15, -0.1) is 0 Å². The van der Waals surface area contributed by atoms with Crippen molar-refractivity contribution in [1.29, 1.82) is 0 Å². The van der Waals surface area contributed by atoms with Gasteiger partial charge in [-0.3, -0.25) is 4.79 Å². The molecule has 2 heterocycles. The average molecular weight is 232 g/mol. The normalized spacial score (nSPS) is 23.5. The Balaban J connectivity index is 1.91. The van der Waals surface area contributed by atoms with E-state index in [1.807, 2.05) is 12.1 Å². The molecular formula is C13H16N2O2. The molecule has 0 spiro atoms. The van der Waals surface area contributed by atoms with Crippen LogP contribution in [0.3, 0.4) is 0 Å². The number of carbonyl (C=O) groups excluding carboxylic acids is 1. The molecule has 2 N–H and O–H groups in total. The second-order valence-electron chi connectivity index (χ2n) is 4.55. The van der Waals surface area contributed by atoms with Gasteiger partial charge in [0.2, 0.25) is 5.91 Å². The lowest BCUT2D eigenvalue weighted by Crippen LogP contribution is -2.14. The third-order valence-electron chi connectivity index (χ3n) is 3.33. The first kappa shape index (κ1) is 10.6. The Kier molecular flexibility index (Phi) is 2.73. The molecular weight excluding hydrogens is 216 g/mol. The van der Waals surface area contributed by atoms with Crippen LogP contribution < -0.4 is 15.4 Å². The van der Waals surface area contributed by atoms with Crippen molar-refractivity contribution in [2.45, 2.75) is 25.3 Å². The smallest absolute Gasteiger partial charge is 0.227 e. The van der Waals surface area contributed by atoms with Gasteiger partial charge in [0.15, 0.2) is 0 Å². The summed E-state index contributed by atoms with van der Waals surface area (Å²) in [6, 6.07) is 6.48. The van der Waals surface area contributed by atoms with E-state index >= 15 is 0 Å². The molecule has 1 aromatic rings. The fraction of sp³-hybridized carbons (Fsp3) is 0.462. The van der Waals surface area contributed by atoms with Crippen molar-refractivity contribution < 1.29 is 9.53 Å². The molecule has 90 valence electrons. The molecule has 0 aromatic heterocycles. The van der Waals surface area contributed by atoms with Crippen LogP contribution in [-0.2, 0) is 4.79 Å². The number of anilines is 1. The van der Waals surface area contributed by atoms with E-state index in [0.717, 1.165) is 24.4 Å². The van der Waals surface area contributed by atoms with E-state index in [0.29, 0.717) is 19.1 Å². The van der Waals surface area contributed by atoms with E-state index in [1.165, 1.54) is 12.0 Å². The predicted octanol–water partition coefficient (Wildman–Crippen LogP) is 1.83. The lowest BCUT2D eigenvalue weighted by Gasteiger charge is -2.14. The highest BCUT2D eigenvalue weighted by Gasteiger charge is 2.19. The van der Waals surface area contributed by atoms with Crippen molar-refractivity contribution in [1.82, 2.24) is 5.32 Å². The zero-order valence-corrected chi connectivity index (χ0v) is 9.66. The topological polar surface area (TPSA) is 50.4 Å². The summed E-state index contributed by atoms with van der Waals surface area (Å²) in [5.74, 6) is 0.804. The molecule has 2 aliphatic rings. The van der Waals surface area contributed by atoms with Gasteiger partial charge in [-0.25, -0.2) is 0 Å². The summed E-state index contributed by atoms with van der Waals surface area (Å²) < 4.78 is 5.53. The summed E-state index contributed by atoms with van der Waals surface area (Å²) >= 11 is 0. The molecule has 3 rings (SSSR count). The van der Waals surface area contributed by atoms with E-state index in [4.69, 9.17) is 4.74 Å². The van der Waals surface area contributed by atoms with Gasteiger partial charge in [-0.1, -0.05) is 6.07 Å². The maximum atomic E-state index is 11.5. The van der Waals surface area contributed by atoms with Crippen LogP contribution in [-0.4, -0.2) is 19.1 Å². The highest BCUT2D eigenvalue weighted by molar-refractivity contribution is 5.93. The highest BCUT2D eigenvalue weighted by Crippen LogP contribution is 2.32. The van der Waals surface area contributed by atoms with Crippen molar-refractivity contribution in [2.24, 2.45) is 0 Å². The van der Waals surface area contributed by atoms with Crippen molar-refractivity contribution in [3.8, 4) is 5.75 Å². The second kappa shape index (κ2) is 4.37. The van der Waals surface area contributed by atoms with E-state index in [-0.39, 0.29) is 5.91 Å². The Bertz CT molecular complexity index is 439. The Labute approximate surface area is 100 Å². The lowest BCUT2D eigenvalue weighted by atomic mass is 10.0. The molecule has 1 aromatic carbocycles. The minimum Gasteiger partial charge on any atom is -0.491 e. The maximum absolute atomic E-state index is 11.5. The fourth-order valence-electron chi connectivity index (χ4n) is 2.42. The van der Waals surface area contributed by atoms with Gasteiger partial charge in [0.25, 0.3) is 0 Å². The summed E-state index contributed by atoms with van der Waals surface area (Å²) in [7, 11) is 0. The van der Waals surface area contributed by atoms with Crippen LogP contribution in [0.5, 0.6) is 5.75 Å². The van der Waals surface area contributed by atoms with Gasteiger partial charge in [0, 0.05) is 6.04 Å². The van der Waals surface area contributed by atoms with Gasteiger partial charge in [-0.2, -0.15) is 0 Å². The molecule has 0 aliphatic carbocycles. The summed E-state index contributed by atoms with van der Waals surface area (Å²) in [4.78, 5) is 11.5. The van der Waals surface area contributed by atoms with Crippen LogP contribution in [0.25, 0.3) is 0 Å². The minimum atomic E-state index is 0.0280. The molecule has 0 bridgehead atoms. The standard InChI is InChI=1S/C13H16N2O2/c16-13-5-7-17-12-4-3-9(8-11(12)15-13)10-2-1-6-14-10/h3-4,8,10,14H,1-2,5-7H2,(H,15,16). The number of hydrogen-bond acceptors (Lipinski definition) is 3. The molecule has 0 saturated carbocycles. The summed E-state index contributed by atoms with van der Waals surface area (Å²) in [5.41, 5.74) is 2.03. The summed E-state index contributed by atoms with van der Waals surface area (Å²) in [6.45, 7) is 1.53. The average Bonchev–Trinajstić information content (AvgIpc) is 2.78. The summed E-state index contributed by atoms with van der Waals surface area (Å²) in [5, 5.41) is 6.35. The molecule has 1 fully saturated rings. The highest BCUT2D eigenvalue weighted by atomic mass is 16.5. The molecule has 0 radical (unpaired) electrons. The quantitative estimate of drug-likeness (QED) is 0.776. The molecule has 1 amide bonds. The molecule has 1 atom stereocenters. The van der Waals surface area contributed by atoms with Crippen LogP contribution in [0, 0.1) is 0 Å². The van der Waals surface area contributed by atoms with Gasteiger partial charge >= 0.3 is 0 Å². The fourth-order valence-corrected chi connectivity index (χ4v) is 2.42. The van der Waals surface area contributed by atoms with Crippen molar-refractivity contribution in [2.75, 3.05) is 18.5 Å². The number of ether oxygens (including phenoxy) is 1. The zero-order chi connectivity index (χ0) is 11.7. The van der Waals surface area contributed by atoms with E-state index in [2.05, 4.69) is 16.7 Å².